The number of hydrogen-bond acceptors (Lipinski definition) is 3. The second-order valence-electron chi connectivity index (χ2n) is 3.88. The number of nitrogens with zero attached hydrogens (tertiary/aromatic N) is 1. The van der Waals surface area contributed by atoms with E-state index in [4.69, 9.17) is 4.74 Å². The van der Waals surface area contributed by atoms with Crippen LogP contribution in [0.5, 0.6) is 5.75 Å². The van der Waals surface area contributed by atoms with E-state index in [9.17, 15) is 10.1 Å². The highest BCUT2D eigenvalue weighted by molar-refractivity contribution is 5.45. The second kappa shape index (κ2) is 6.07. The van der Waals surface area contributed by atoms with Gasteiger partial charge in [-0.2, -0.15) is 0 Å². The Labute approximate surface area is 94.8 Å². The average Bonchev–Trinajstić information content (AvgIpc) is 2.24. The fourth-order valence-corrected chi connectivity index (χ4v) is 1.34. The summed E-state index contributed by atoms with van der Waals surface area (Å²) in [7, 11) is 4.12. The molecule has 0 spiro atoms. The number of para-hydroxylation sites is 2. The van der Waals surface area contributed by atoms with Crippen molar-refractivity contribution in [3.05, 3.63) is 34.4 Å². The molecule has 5 nitrogen and oxygen atoms in total. The molecule has 1 N–H and O–H groups in total. The van der Waals surface area contributed by atoms with Gasteiger partial charge in [-0.25, -0.2) is 0 Å². The van der Waals surface area contributed by atoms with Gasteiger partial charge in [0.2, 0.25) is 0 Å². The fraction of sp³-hybridized carbons (Fsp3) is 0.455. The Morgan fingerprint density at radius 1 is 1.38 bits per heavy atom. The lowest BCUT2D eigenvalue weighted by Gasteiger charge is -2.08. The minimum Gasteiger partial charge on any atom is -0.487 e. The van der Waals surface area contributed by atoms with Gasteiger partial charge in [-0.3, -0.25) is 10.1 Å². The van der Waals surface area contributed by atoms with Crippen molar-refractivity contribution >= 4 is 5.69 Å². The lowest BCUT2D eigenvalue weighted by atomic mass is 10.3. The largest absolute Gasteiger partial charge is 0.487 e. The smallest absolute Gasteiger partial charge is 0.310 e. The quantitative estimate of drug-likeness (QED) is 0.436. The molecule has 0 aliphatic heterocycles. The monoisotopic (exact) mass is 225 g/mol. The van der Waals surface area contributed by atoms with Crippen molar-refractivity contribution in [2.24, 2.45) is 0 Å². The van der Waals surface area contributed by atoms with Gasteiger partial charge in [-0.05, 0) is 6.07 Å². The molecule has 0 saturated carbocycles. The van der Waals surface area contributed by atoms with Crippen LogP contribution in [-0.4, -0.2) is 32.2 Å². The van der Waals surface area contributed by atoms with Crippen LogP contribution in [0.4, 0.5) is 5.69 Å². The Morgan fingerprint density at radius 2 is 2.06 bits per heavy atom. The van der Waals surface area contributed by atoms with E-state index in [0.717, 1.165) is 13.0 Å². The van der Waals surface area contributed by atoms with Gasteiger partial charge in [-0.15, -0.1) is 0 Å². The third kappa shape index (κ3) is 3.86. The Kier molecular flexibility index (Phi) is 4.72. The van der Waals surface area contributed by atoms with Crippen LogP contribution in [0.3, 0.4) is 0 Å². The third-order valence-corrected chi connectivity index (χ3v) is 2.14. The lowest BCUT2D eigenvalue weighted by Crippen LogP contribution is -3.05. The molecule has 0 fully saturated rings. The molecular formula is C11H17N2O3+. The van der Waals surface area contributed by atoms with E-state index in [0.29, 0.717) is 12.4 Å². The molecule has 0 heterocycles. The number of ether oxygens (including phenoxy) is 1. The van der Waals surface area contributed by atoms with Crippen LogP contribution in [0.1, 0.15) is 6.42 Å². The summed E-state index contributed by atoms with van der Waals surface area (Å²) in [5.41, 5.74) is 0.0275. The van der Waals surface area contributed by atoms with Gasteiger partial charge in [-0.1, -0.05) is 12.1 Å². The number of nitro groups is 1. The summed E-state index contributed by atoms with van der Waals surface area (Å²) in [6.07, 6.45) is 0.883. The topological polar surface area (TPSA) is 56.8 Å². The molecule has 0 bridgehead atoms. The molecule has 0 aromatic heterocycles. The summed E-state index contributed by atoms with van der Waals surface area (Å²) in [4.78, 5) is 11.6. The number of quaternary nitrogens is 1. The molecule has 0 radical (unpaired) electrons. The molecule has 0 saturated heterocycles. The molecule has 88 valence electrons. The minimum absolute atomic E-state index is 0.0275. The predicted molar refractivity (Wildman–Crippen MR) is 60.9 cm³/mol. The Hall–Kier alpha value is -1.62. The van der Waals surface area contributed by atoms with Crippen LogP contribution < -0.4 is 9.64 Å². The fourth-order valence-electron chi connectivity index (χ4n) is 1.34. The molecule has 1 aromatic carbocycles. The zero-order valence-corrected chi connectivity index (χ0v) is 9.60. The van der Waals surface area contributed by atoms with E-state index in [1.54, 1.807) is 18.2 Å². The summed E-state index contributed by atoms with van der Waals surface area (Å²) in [6.45, 7) is 1.50. The first-order valence-corrected chi connectivity index (χ1v) is 5.26. The summed E-state index contributed by atoms with van der Waals surface area (Å²) >= 11 is 0. The molecule has 0 atom stereocenters. The maximum atomic E-state index is 10.7. The zero-order chi connectivity index (χ0) is 12.0. The van der Waals surface area contributed by atoms with Crippen molar-refractivity contribution in [2.75, 3.05) is 27.2 Å². The van der Waals surface area contributed by atoms with E-state index in [-0.39, 0.29) is 5.69 Å². The highest BCUT2D eigenvalue weighted by atomic mass is 16.6. The summed E-state index contributed by atoms with van der Waals surface area (Å²) < 4.78 is 5.39. The molecule has 5 heteroatoms. The maximum Gasteiger partial charge on any atom is 0.310 e. The van der Waals surface area contributed by atoms with Crippen molar-refractivity contribution in [1.29, 1.82) is 0 Å². The van der Waals surface area contributed by atoms with Crippen molar-refractivity contribution in [3.63, 3.8) is 0 Å². The van der Waals surface area contributed by atoms with Gasteiger partial charge < -0.3 is 9.64 Å². The van der Waals surface area contributed by atoms with Crippen LogP contribution in [0.25, 0.3) is 0 Å². The van der Waals surface area contributed by atoms with Gasteiger partial charge in [0, 0.05) is 12.5 Å². The van der Waals surface area contributed by atoms with Gasteiger partial charge in [0.05, 0.1) is 32.2 Å². The van der Waals surface area contributed by atoms with Crippen molar-refractivity contribution in [1.82, 2.24) is 0 Å². The van der Waals surface area contributed by atoms with Crippen molar-refractivity contribution in [3.8, 4) is 5.75 Å². The van der Waals surface area contributed by atoms with Crippen LogP contribution in [0, 0.1) is 10.1 Å². The molecule has 0 aliphatic rings. The van der Waals surface area contributed by atoms with E-state index < -0.39 is 4.92 Å². The highest BCUT2D eigenvalue weighted by Gasteiger charge is 2.13. The molecule has 1 aromatic rings. The Balaban J connectivity index is 2.50. The highest BCUT2D eigenvalue weighted by Crippen LogP contribution is 2.25. The van der Waals surface area contributed by atoms with E-state index in [1.165, 1.54) is 11.0 Å². The van der Waals surface area contributed by atoms with Crippen LogP contribution in [0.15, 0.2) is 24.3 Å². The van der Waals surface area contributed by atoms with E-state index >= 15 is 0 Å². The lowest BCUT2D eigenvalue weighted by molar-refractivity contribution is -0.858. The van der Waals surface area contributed by atoms with E-state index in [1.807, 2.05) is 0 Å². The Bertz CT molecular complexity index is 353. The predicted octanol–water partition coefficient (Wildman–Crippen LogP) is 0.508. The third-order valence-electron chi connectivity index (χ3n) is 2.14. The number of benzene rings is 1. The van der Waals surface area contributed by atoms with Crippen LogP contribution >= 0.6 is 0 Å². The first-order valence-electron chi connectivity index (χ1n) is 5.26. The maximum absolute atomic E-state index is 10.7. The standard InChI is InChI=1S/C11H16N2O3/c1-12(2)8-5-9-16-11-7-4-3-6-10(11)13(14)15/h3-4,6-7H,5,8-9H2,1-2H3/p+1. The van der Waals surface area contributed by atoms with Gasteiger partial charge in [0.25, 0.3) is 0 Å². The summed E-state index contributed by atoms with van der Waals surface area (Å²) in [5, 5.41) is 10.7. The molecule has 16 heavy (non-hydrogen) atoms. The second-order valence-corrected chi connectivity index (χ2v) is 3.88. The van der Waals surface area contributed by atoms with Gasteiger partial charge in [0.15, 0.2) is 5.75 Å². The van der Waals surface area contributed by atoms with Gasteiger partial charge >= 0.3 is 5.69 Å². The van der Waals surface area contributed by atoms with Crippen molar-refractivity contribution in [2.45, 2.75) is 6.42 Å². The van der Waals surface area contributed by atoms with Crippen molar-refractivity contribution < 1.29 is 14.6 Å². The first kappa shape index (κ1) is 12.4. The van der Waals surface area contributed by atoms with Crippen LogP contribution in [0.2, 0.25) is 0 Å². The molecule has 0 amide bonds. The molecule has 0 aliphatic carbocycles. The average molecular weight is 225 g/mol. The minimum atomic E-state index is -0.424. The molecule has 0 unspecified atom stereocenters. The summed E-state index contributed by atoms with van der Waals surface area (Å²) in [6, 6.07) is 6.45. The first-order chi connectivity index (χ1) is 7.61. The zero-order valence-electron chi connectivity index (χ0n) is 9.60. The van der Waals surface area contributed by atoms with Crippen LogP contribution in [-0.2, 0) is 0 Å². The SMILES string of the molecule is C[NH+](C)CCCOc1ccccc1[N+](=O)[O-]. The van der Waals surface area contributed by atoms with Gasteiger partial charge in [0.1, 0.15) is 0 Å². The molecule has 1 rings (SSSR count). The molecular weight excluding hydrogens is 208 g/mol. The number of rotatable bonds is 6. The number of hydrogen-bond donors (Lipinski definition) is 1. The van der Waals surface area contributed by atoms with E-state index in [2.05, 4.69) is 14.1 Å². The summed E-state index contributed by atoms with van der Waals surface area (Å²) in [5.74, 6) is 0.348. The normalized spacial score (nSPS) is 10.4. The number of nitrogens with one attached hydrogen (secondary N) is 1. The number of nitro benzene ring substituents is 1. The Morgan fingerprint density at radius 3 is 2.69 bits per heavy atom.